The molecule has 30 heavy (non-hydrogen) atoms. The average Bonchev–Trinajstić information content (AvgIpc) is 3.00. The molecule has 1 aliphatic heterocycles. The van der Waals surface area contributed by atoms with Gasteiger partial charge in [0.25, 0.3) is 5.91 Å². The number of thioether (sulfide) groups is 1. The van der Waals surface area contributed by atoms with Gasteiger partial charge in [0.2, 0.25) is 0 Å². The van der Waals surface area contributed by atoms with Crippen molar-refractivity contribution < 1.29 is 23.7 Å². The van der Waals surface area contributed by atoms with Crippen LogP contribution in [-0.4, -0.2) is 49.6 Å². The first-order chi connectivity index (χ1) is 14.5. The minimum atomic E-state index is -0.0978. The summed E-state index contributed by atoms with van der Waals surface area (Å²) in [5, 5.41) is 0. The number of carbonyl (C=O) groups is 1. The Morgan fingerprint density at radius 2 is 1.60 bits per heavy atom. The van der Waals surface area contributed by atoms with Crippen LogP contribution in [0.5, 0.6) is 23.0 Å². The lowest BCUT2D eigenvalue weighted by atomic mass is 10.2. The van der Waals surface area contributed by atoms with E-state index in [0.29, 0.717) is 51.9 Å². The third-order valence-electron chi connectivity index (χ3n) is 4.34. The SMILES string of the molecule is COc1ccccc1OCCCOc1ccc(/C=C2/SC(=S)N(C)C2=O)cc1OC. The number of methoxy groups -OCH3 is 2. The Bertz CT molecular complexity index is 960. The number of hydrogen-bond donors (Lipinski definition) is 0. The highest BCUT2D eigenvalue weighted by molar-refractivity contribution is 8.26. The summed E-state index contributed by atoms with van der Waals surface area (Å²) in [6, 6.07) is 13.1. The van der Waals surface area contributed by atoms with E-state index in [2.05, 4.69) is 0 Å². The summed E-state index contributed by atoms with van der Waals surface area (Å²) in [4.78, 5) is 14.2. The third kappa shape index (κ3) is 5.25. The maximum absolute atomic E-state index is 12.2. The van der Waals surface area contributed by atoms with Crippen molar-refractivity contribution in [2.24, 2.45) is 0 Å². The van der Waals surface area contributed by atoms with E-state index in [0.717, 1.165) is 5.56 Å². The van der Waals surface area contributed by atoms with Gasteiger partial charge in [-0.25, -0.2) is 0 Å². The van der Waals surface area contributed by atoms with Crippen molar-refractivity contribution in [1.82, 2.24) is 4.90 Å². The average molecular weight is 446 g/mol. The smallest absolute Gasteiger partial charge is 0.265 e. The van der Waals surface area contributed by atoms with E-state index in [-0.39, 0.29) is 5.91 Å². The van der Waals surface area contributed by atoms with E-state index in [1.165, 1.54) is 16.7 Å². The highest BCUT2D eigenvalue weighted by Crippen LogP contribution is 2.34. The van der Waals surface area contributed by atoms with Gasteiger partial charge in [-0.15, -0.1) is 0 Å². The molecule has 0 aliphatic carbocycles. The number of hydrogen-bond acceptors (Lipinski definition) is 7. The molecular weight excluding hydrogens is 422 g/mol. The Labute approximate surface area is 185 Å². The molecule has 1 heterocycles. The van der Waals surface area contributed by atoms with Gasteiger partial charge in [-0.3, -0.25) is 9.69 Å². The molecule has 2 aromatic carbocycles. The highest BCUT2D eigenvalue weighted by atomic mass is 32.2. The molecule has 158 valence electrons. The van der Waals surface area contributed by atoms with Gasteiger partial charge in [0.15, 0.2) is 23.0 Å². The summed E-state index contributed by atoms with van der Waals surface area (Å²) in [6.07, 6.45) is 2.50. The predicted molar refractivity (Wildman–Crippen MR) is 123 cm³/mol. The molecule has 0 saturated carbocycles. The lowest BCUT2D eigenvalue weighted by Gasteiger charge is -2.13. The number of nitrogens with zero attached hydrogens (tertiary/aromatic N) is 1. The van der Waals surface area contributed by atoms with E-state index in [1.54, 1.807) is 27.3 Å². The predicted octanol–water partition coefficient (Wildman–Crippen LogP) is 4.38. The molecule has 0 radical (unpaired) electrons. The van der Waals surface area contributed by atoms with Crippen LogP contribution in [0.1, 0.15) is 12.0 Å². The second kappa shape index (κ2) is 10.4. The van der Waals surface area contributed by atoms with Gasteiger partial charge >= 0.3 is 0 Å². The molecule has 1 aliphatic rings. The molecule has 0 spiro atoms. The normalized spacial score (nSPS) is 14.9. The fraction of sp³-hybridized carbons (Fsp3) is 0.273. The zero-order chi connectivity index (χ0) is 21.5. The standard InChI is InChI=1S/C22H23NO5S2/c1-23-21(24)20(30-22(23)29)14-15-9-10-18(19(13-15)26-3)28-12-6-11-27-17-8-5-4-7-16(17)25-2/h4-5,7-10,13-14H,6,11-12H2,1-3H3/b20-14+. The van der Waals surface area contributed by atoms with Gasteiger partial charge in [-0.2, -0.15) is 0 Å². The fourth-order valence-corrected chi connectivity index (χ4v) is 3.93. The number of ether oxygens (including phenoxy) is 4. The number of thiocarbonyl (C=S) groups is 1. The van der Waals surface area contributed by atoms with Crippen LogP contribution in [0.2, 0.25) is 0 Å². The summed E-state index contributed by atoms with van der Waals surface area (Å²) in [7, 11) is 4.88. The molecule has 8 heteroatoms. The fourth-order valence-electron chi connectivity index (χ4n) is 2.75. The minimum absolute atomic E-state index is 0.0978. The third-order valence-corrected chi connectivity index (χ3v) is 5.83. The van der Waals surface area contributed by atoms with Gasteiger partial charge in [-0.1, -0.05) is 42.2 Å². The van der Waals surface area contributed by atoms with Crippen molar-refractivity contribution in [3.05, 3.63) is 52.9 Å². The number of rotatable bonds is 9. The quantitative estimate of drug-likeness (QED) is 0.322. The second-order valence-electron chi connectivity index (χ2n) is 6.35. The topological polar surface area (TPSA) is 57.2 Å². The Morgan fingerprint density at radius 3 is 2.20 bits per heavy atom. The number of likely N-dealkylation sites (N-methyl/N-ethyl adjacent to an activating group) is 1. The lowest BCUT2D eigenvalue weighted by molar-refractivity contribution is -0.121. The van der Waals surface area contributed by atoms with Gasteiger partial charge in [0, 0.05) is 13.5 Å². The molecule has 1 amide bonds. The molecule has 1 saturated heterocycles. The molecule has 3 rings (SSSR count). The van der Waals surface area contributed by atoms with Crippen molar-refractivity contribution in [3.63, 3.8) is 0 Å². The van der Waals surface area contributed by atoms with Crippen LogP contribution in [0.4, 0.5) is 0 Å². The van der Waals surface area contributed by atoms with Crippen LogP contribution in [0.25, 0.3) is 6.08 Å². The van der Waals surface area contributed by atoms with E-state index < -0.39 is 0 Å². The summed E-state index contributed by atoms with van der Waals surface area (Å²) in [5.74, 6) is 2.55. The van der Waals surface area contributed by atoms with Crippen molar-refractivity contribution >= 4 is 40.3 Å². The van der Waals surface area contributed by atoms with Gasteiger partial charge < -0.3 is 18.9 Å². The molecule has 0 atom stereocenters. The van der Waals surface area contributed by atoms with E-state index in [9.17, 15) is 4.79 Å². The van der Waals surface area contributed by atoms with Crippen LogP contribution in [-0.2, 0) is 4.79 Å². The second-order valence-corrected chi connectivity index (χ2v) is 8.03. The number of amides is 1. The molecule has 0 N–H and O–H groups in total. The molecule has 1 fully saturated rings. The lowest BCUT2D eigenvalue weighted by Crippen LogP contribution is -2.22. The maximum atomic E-state index is 12.2. The van der Waals surface area contributed by atoms with E-state index >= 15 is 0 Å². The van der Waals surface area contributed by atoms with Crippen LogP contribution >= 0.6 is 24.0 Å². The van der Waals surface area contributed by atoms with Crippen LogP contribution in [0.3, 0.4) is 0 Å². The molecule has 2 aromatic rings. The zero-order valence-electron chi connectivity index (χ0n) is 17.0. The van der Waals surface area contributed by atoms with Crippen LogP contribution in [0, 0.1) is 0 Å². The Hall–Kier alpha value is -2.71. The molecular formula is C22H23NO5S2. The Kier molecular flexibility index (Phi) is 7.59. The van der Waals surface area contributed by atoms with Crippen molar-refractivity contribution in [1.29, 1.82) is 0 Å². The summed E-state index contributed by atoms with van der Waals surface area (Å²) < 4.78 is 22.9. The largest absolute Gasteiger partial charge is 0.493 e. The highest BCUT2D eigenvalue weighted by Gasteiger charge is 2.28. The van der Waals surface area contributed by atoms with E-state index in [1.807, 2.05) is 42.5 Å². The number of benzene rings is 2. The zero-order valence-corrected chi connectivity index (χ0v) is 18.7. The summed E-state index contributed by atoms with van der Waals surface area (Å²) >= 11 is 6.45. The molecule has 6 nitrogen and oxygen atoms in total. The van der Waals surface area contributed by atoms with Crippen LogP contribution < -0.4 is 18.9 Å². The van der Waals surface area contributed by atoms with Gasteiger partial charge in [0.05, 0.1) is 32.3 Å². The summed E-state index contributed by atoms with van der Waals surface area (Å²) in [5.41, 5.74) is 0.840. The first kappa shape index (κ1) is 22.0. The maximum Gasteiger partial charge on any atom is 0.265 e. The van der Waals surface area contributed by atoms with Crippen molar-refractivity contribution in [2.45, 2.75) is 6.42 Å². The van der Waals surface area contributed by atoms with E-state index in [4.69, 9.17) is 31.2 Å². The monoisotopic (exact) mass is 445 g/mol. The Morgan fingerprint density at radius 1 is 0.967 bits per heavy atom. The van der Waals surface area contributed by atoms with Crippen LogP contribution in [0.15, 0.2) is 47.4 Å². The van der Waals surface area contributed by atoms with Gasteiger partial charge in [0.1, 0.15) is 4.32 Å². The summed E-state index contributed by atoms with van der Waals surface area (Å²) in [6.45, 7) is 0.971. The molecule has 0 aromatic heterocycles. The minimum Gasteiger partial charge on any atom is -0.493 e. The molecule has 0 unspecified atom stereocenters. The number of carbonyl (C=O) groups excluding carboxylic acids is 1. The number of para-hydroxylation sites is 2. The van der Waals surface area contributed by atoms with Crippen molar-refractivity contribution in [2.75, 3.05) is 34.5 Å². The first-order valence-electron chi connectivity index (χ1n) is 9.31. The van der Waals surface area contributed by atoms with Gasteiger partial charge in [-0.05, 0) is 35.9 Å². The first-order valence-corrected chi connectivity index (χ1v) is 10.5. The molecule has 0 bridgehead atoms. The van der Waals surface area contributed by atoms with Crippen molar-refractivity contribution in [3.8, 4) is 23.0 Å². The Balaban J connectivity index is 1.55.